The van der Waals surface area contributed by atoms with E-state index in [1.807, 2.05) is 24.3 Å². The number of allylic oxidation sites excluding steroid dienone is 20. The molecular weight excluding hydrogens is 808 g/mol. The van der Waals surface area contributed by atoms with E-state index in [1.165, 1.54) is 19.3 Å². The highest BCUT2D eigenvalue weighted by Crippen LogP contribution is 2.43. The lowest BCUT2D eigenvalue weighted by Crippen LogP contribution is -2.29. The molecule has 4 atom stereocenters. The van der Waals surface area contributed by atoms with Gasteiger partial charge in [0.15, 0.2) is 6.10 Å². The first kappa shape index (κ1) is 58.1. The maximum absolute atomic E-state index is 12.6. The molecule has 11 nitrogen and oxygen atoms in total. The van der Waals surface area contributed by atoms with Gasteiger partial charge >= 0.3 is 19.8 Å². The summed E-state index contributed by atoms with van der Waals surface area (Å²) in [5.41, 5.74) is 0. The molecule has 348 valence electrons. The minimum atomic E-state index is -4.70. The van der Waals surface area contributed by atoms with Crippen molar-refractivity contribution in [3.63, 3.8) is 0 Å². The molecule has 0 radical (unpaired) electrons. The third-order valence-electron chi connectivity index (χ3n) is 8.40. The second kappa shape index (κ2) is 43.7. The molecule has 0 heterocycles. The van der Waals surface area contributed by atoms with Gasteiger partial charge in [-0.3, -0.25) is 18.6 Å². The van der Waals surface area contributed by atoms with Gasteiger partial charge in [-0.25, -0.2) is 4.57 Å². The van der Waals surface area contributed by atoms with Crippen LogP contribution in [-0.4, -0.2) is 76.9 Å². The van der Waals surface area contributed by atoms with Crippen LogP contribution < -0.4 is 0 Å². The zero-order chi connectivity index (χ0) is 45.6. The van der Waals surface area contributed by atoms with Crippen molar-refractivity contribution < 1.29 is 52.9 Å². The monoisotopic (exact) mass is 885 g/mol. The Morgan fingerprint density at radius 2 is 1.05 bits per heavy atom. The van der Waals surface area contributed by atoms with Crippen molar-refractivity contribution in [2.24, 2.45) is 0 Å². The first-order chi connectivity index (χ1) is 30.1. The van der Waals surface area contributed by atoms with Crippen LogP contribution in [0, 0.1) is 0 Å². The maximum atomic E-state index is 12.6. The lowest BCUT2D eigenvalue weighted by atomic mass is 10.2. The van der Waals surface area contributed by atoms with E-state index in [4.69, 9.17) is 19.1 Å². The van der Waals surface area contributed by atoms with Crippen LogP contribution in [0.3, 0.4) is 0 Å². The van der Waals surface area contributed by atoms with E-state index in [2.05, 4.69) is 103 Å². The van der Waals surface area contributed by atoms with E-state index >= 15 is 0 Å². The van der Waals surface area contributed by atoms with Crippen LogP contribution in [0.25, 0.3) is 0 Å². The van der Waals surface area contributed by atoms with Crippen LogP contribution in [0.4, 0.5) is 0 Å². The molecule has 0 aromatic rings. The van der Waals surface area contributed by atoms with Crippen LogP contribution in [0.15, 0.2) is 134 Å². The van der Waals surface area contributed by atoms with Crippen LogP contribution in [0.1, 0.15) is 123 Å². The van der Waals surface area contributed by atoms with Gasteiger partial charge in [0.25, 0.3) is 0 Å². The third-order valence-corrected chi connectivity index (χ3v) is 9.35. The Hall–Kier alpha value is -3.93. The van der Waals surface area contributed by atoms with Gasteiger partial charge in [0.2, 0.25) is 0 Å². The Kier molecular flexibility index (Phi) is 40.9. The van der Waals surface area contributed by atoms with Crippen LogP contribution in [-0.2, 0) is 32.7 Å². The first-order valence-electron chi connectivity index (χ1n) is 22.3. The normalized spacial score (nSPS) is 15.5. The number of hydrogen-bond acceptors (Lipinski definition) is 10. The quantitative estimate of drug-likeness (QED) is 0.0152. The summed E-state index contributed by atoms with van der Waals surface area (Å²) in [6.45, 7) is 1.92. The largest absolute Gasteiger partial charge is 0.472 e. The predicted molar refractivity (Wildman–Crippen MR) is 252 cm³/mol. The number of esters is 2. The predicted octanol–water partition coefficient (Wildman–Crippen LogP) is 11.1. The number of phosphoric acid groups is 1. The van der Waals surface area contributed by atoms with Gasteiger partial charge in [-0.15, -0.1) is 0 Å². The number of ether oxygens (including phenoxy) is 2. The second-order valence-corrected chi connectivity index (χ2v) is 15.6. The number of phosphoric ester groups is 1. The number of carbonyl (C=O) groups excluding carboxylic acids is 2. The molecule has 0 fully saturated rings. The van der Waals surface area contributed by atoms with Gasteiger partial charge in [-0.2, -0.15) is 0 Å². The van der Waals surface area contributed by atoms with Crippen LogP contribution in [0.2, 0.25) is 0 Å². The minimum absolute atomic E-state index is 0.0466. The van der Waals surface area contributed by atoms with Crippen molar-refractivity contribution in [1.29, 1.82) is 0 Å². The molecule has 0 aliphatic heterocycles. The van der Waals surface area contributed by atoms with Crippen LogP contribution >= 0.6 is 7.82 Å². The summed E-state index contributed by atoms with van der Waals surface area (Å²) in [4.78, 5) is 35.0. The summed E-state index contributed by atoms with van der Waals surface area (Å²) in [7, 11) is -4.70. The van der Waals surface area contributed by atoms with Crippen molar-refractivity contribution in [3.05, 3.63) is 134 Å². The zero-order valence-electron chi connectivity index (χ0n) is 37.4. The third kappa shape index (κ3) is 42.7. The molecule has 0 aliphatic carbocycles. The highest BCUT2D eigenvalue weighted by Gasteiger charge is 2.27. The fourth-order valence-corrected chi connectivity index (χ4v) is 5.76. The average Bonchev–Trinajstić information content (AvgIpc) is 3.26. The molecule has 0 saturated heterocycles. The molecule has 0 aromatic carbocycles. The Bertz CT molecular complexity index is 1500. The highest BCUT2D eigenvalue weighted by atomic mass is 31.2. The van der Waals surface area contributed by atoms with E-state index < -0.39 is 64.5 Å². The Morgan fingerprint density at radius 1 is 0.565 bits per heavy atom. The van der Waals surface area contributed by atoms with Gasteiger partial charge in [0.05, 0.1) is 25.9 Å². The van der Waals surface area contributed by atoms with Gasteiger partial charge < -0.3 is 29.7 Å². The van der Waals surface area contributed by atoms with Gasteiger partial charge in [-0.05, 0) is 83.5 Å². The fraction of sp³-hybridized carbons (Fsp3) is 0.520. The molecule has 0 spiro atoms. The molecule has 0 aromatic heterocycles. The number of rotatable bonds is 39. The van der Waals surface area contributed by atoms with Crippen molar-refractivity contribution in [2.75, 3.05) is 26.4 Å². The Labute approximate surface area is 373 Å². The molecular formula is C50H77O11P. The molecule has 12 heteroatoms. The fourth-order valence-electron chi connectivity index (χ4n) is 4.97. The summed E-state index contributed by atoms with van der Waals surface area (Å²) in [6.07, 6.45) is 54.6. The smallest absolute Gasteiger partial charge is 0.462 e. The Morgan fingerprint density at radius 3 is 1.60 bits per heavy atom. The lowest BCUT2D eigenvalue weighted by molar-refractivity contribution is -0.161. The Balaban J connectivity index is 4.65. The summed E-state index contributed by atoms with van der Waals surface area (Å²) >= 11 is 0. The summed E-state index contributed by atoms with van der Waals surface area (Å²) < 4.78 is 32.5. The van der Waals surface area contributed by atoms with Crippen molar-refractivity contribution in [3.8, 4) is 0 Å². The summed E-state index contributed by atoms with van der Waals surface area (Å²) in [5.74, 6) is -1.22. The second-order valence-electron chi connectivity index (χ2n) is 14.2. The van der Waals surface area contributed by atoms with Crippen LogP contribution in [0.5, 0.6) is 0 Å². The summed E-state index contributed by atoms with van der Waals surface area (Å²) in [5, 5.41) is 28.6. The topological polar surface area (TPSA) is 169 Å². The van der Waals surface area contributed by atoms with E-state index in [9.17, 15) is 29.3 Å². The highest BCUT2D eigenvalue weighted by molar-refractivity contribution is 7.47. The van der Waals surface area contributed by atoms with Gasteiger partial charge in [-0.1, -0.05) is 160 Å². The number of carbonyl (C=O) groups is 2. The maximum Gasteiger partial charge on any atom is 0.472 e. The van der Waals surface area contributed by atoms with E-state index in [-0.39, 0.29) is 12.8 Å². The molecule has 0 amide bonds. The summed E-state index contributed by atoms with van der Waals surface area (Å²) in [6, 6.07) is 0. The molecule has 0 rings (SSSR count). The standard InChI is InChI=1S/C50H77O11P/c1-3-5-7-9-11-13-15-17-18-19-20-21-22-24-26-28-30-32-36-40-49(54)58-44-48(45-60-62(56,57)59-43-47(53)42-51)61-50(55)41-37-33-35-39-46(52)38-34-31-29-27-25-23-16-14-12-10-8-6-4-2/h6,8,11-14,17-18,20-21,23-26,29-35,38,46-48,51-53H,3-5,7,9-10,15-16,19,22,27-28,36-37,39-45H2,1-2H3,(H,56,57)/b8-6-,13-11-,14-12-,18-17-,21-20-,25-23-,26-24-,31-29-,32-30-,35-33-,38-34-/t46?,47-,48+/m0/s1. The van der Waals surface area contributed by atoms with Gasteiger partial charge in [0.1, 0.15) is 12.7 Å². The molecule has 62 heavy (non-hydrogen) atoms. The molecule has 2 unspecified atom stereocenters. The number of hydrogen-bond donors (Lipinski definition) is 4. The molecule has 0 aliphatic rings. The molecule has 0 bridgehead atoms. The van der Waals surface area contributed by atoms with Crippen molar-refractivity contribution in [1.82, 2.24) is 0 Å². The average molecular weight is 885 g/mol. The van der Waals surface area contributed by atoms with E-state index in [0.717, 1.165) is 57.8 Å². The molecule has 0 saturated carbocycles. The van der Waals surface area contributed by atoms with Gasteiger partial charge in [0, 0.05) is 12.8 Å². The van der Waals surface area contributed by atoms with Crippen molar-refractivity contribution in [2.45, 2.75) is 141 Å². The number of unbranched alkanes of at least 4 members (excludes halogenated alkanes) is 3. The van der Waals surface area contributed by atoms with Crippen molar-refractivity contribution >= 4 is 19.8 Å². The SMILES string of the molecule is CC/C=C\C/C=C\C/C=C\C/C=C\C=C/C(O)C/C=C\CCC(=O)O[C@H](COC(=O)CC/C=C\C/C=C\C/C=C\C/C=C\C/C=C\CCCCC)COP(=O)(O)OC[C@@H](O)CO. The zero-order valence-corrected chi connectivity index (χ0v) is 38.3. The lowest BCUT2D eigenvalue weighted by Gasteiger charge is -2.20. The van der Waals surface area contributed by atoms with E-state index in [0.29, 0.717) is 19.3 Å². The van der Waals surface area contributed by atoms with E-state index in [1.54, 1.807) is 24.3 Å². The number of aliphatic hydroxyl groups excluding tert-OH is 3. The minimum Gasteiger partial charge on any atom is -0.462 e. The number of aliphatic hydroxyl groups is 3. The molecule has 4 N–H and O–H groups in total. The first-order valence-corrected chi connectivity index (χ1v) is 23.7.